The molecule has 0 saturated carbocycles. The first-order valence-electron chi connectivity index (χ1n) is 10.4. The van der Waals surface area contributed by atoms with E-state index in [1.807, 2.05) is 6.92 Å². The smallest absolute Gasteiger partial charge is 0.247 e. The molecule has 0 radical (unpaired) electrons. The fourth-order valence-corrected chi connectivity index (χ4v) is 3.71. The first-order chi connectivity index (χ1) is 15.4. The number of hydrogen-bond acceptors (Lipinski definition) is 6. The van der Waals surface area contributed by atoms with E-state index in [1.54, 1.807) is 36.4 Å². The topological polar surface area (TPSA) is 109 Å². The predicted molar refractivity (Wildman–Crippen MR) is 114 cm³/mol. The molecule has 0 aliphatic carbocycles. The Bertz CT molecular complexity index is 1130. The molecule has 2 atom stereocenters. The normalized spacial score (nSPS) is 18.0. The summed E-state index contributed by atoms with van der Waals surface area (Å²) in [5, 5.41) is 20.8. The quantitative estimate of drug-likeness (QED) is 0.612. The summed E-state index contributed by atoms with van der Waals surface area (Å²) in [6.45, 7) is 1.93. The minimum absolute atomic E-state index is 0.0210. The number of carbonyl (C=O) groups excluding carboxylic acids is 2. The summed E-state index contributed by atoms with van der Waals surface area (Å²) in [7, 11) is 0. The average molecular weight is 438 g/mol. The van der Waals surface area contributed by atoms with Gasteiger partial charge in [-0.25, -0.2) is 4.39 Å². The van der Waals surface area contributed by atoms with Crippen molar-refractivity contribution in [1.29, 1.82) is 0 Å². The number of aromatic nitrogens is 2. The van der Waals surface area contributed by atoms with Crippen molar-refractivity contribution in [2.24, 2.45) is 0 Å². The maximum absolute atomic E-state index is 13.9. The summed E-state index contributed by atoms with van der Waals surface area (Å²) in [5.41, 5.74) is 1.39. The molecular weight excluding hydrogens is 415 g/mol. The van der Waals surface area contributed by atoms with Gasteiger partial charge in [-0.1, -0.05) is 31.2 Å². The molecule has 166 valence electrons. The lowest BCUT2D eigenvalue weighted by Crippen LogP contribution is -2.44. The number of anilines is 1. The largest absolute Gasteiger partial charge is 0.421 e. The van der Waals surface area contributed by atoms with Crippen LogP contribution in [-0.4, -0.2) is 50.7 Å². The highest BCUT2D eigenvalue weighted by Gasteiger charge is 2.39. The van der Waals surface area contributed by atoms with Gasteiger partial charge in [0.1, 0.15) is 11.9 Å². The number of hydrogen-bond donors (Lipinski definition) is 2. The zero-order valence-corrected chi connectivity index (χ0v) is 17.5. The highest BCUT2D eigenvalue weighted by molar-refractivity contribution is 5.98. The van der Waals surface area contributed by atoms with E-state index in [0.29, 0.717) is 29.5 Å². The van der Waals surface area contributed by atoms with Crippen molar-refractivity contribution in [2.45, 2.75) is 38.3 Å². The molecule has 9 heteroatoms. The van der Waals surface area contributed by atoms with E-state index in [9.17, 15) is 19.1 Å². The molecule has 2 N–H and O–H groups in total. The minimum Gasteiger partial charge on any atom is -0.421 e. The Balaban J connectivity index is 1.47. The van der Waals surface area contributed by atoms with Gasteiger partial charge in [-0.15, -0.1) is 10.2 Å². The van der Waals surface area contributed by atoms with Crippen LogP contribution in [0.25, 0.3) is 11.5 Å². The summed E-state index contributed by atoms with van der Waals surface area (Å²) in [5.74, 6) is -0.473. The average Bonchev–Trinajstić information content (AvgIpc) is 3.42. The van der Waals surface area contributed by atoms with Crippen LogP contribution >= 0.6 is 0 Å². The van der Waals surface area contributed by atoms with Crippen molar-refractivity contribution in [2.75, 3.05) is 11.9 Å². The Hall–Kier alpha value is -3.59. The third kappa shape index (κ3) is 4.67. The van der Waals surface area contributed by atoms with Crippen LogP contribution in [0.4, 0.5) is 10.1 Å². The molecule has 3 aromatic rings. The van der Waals surface area contributed by atoms with E-state index in [0.717, 1.165) is 0 Å². The lowest BCUT2D eigenvalue weighted by Gasteiger charge is -2.24. The molecule has 32 heavy (non-hydrogen) atoms. The summed E-state index contributed by atoms with van der Waals surface area (Å²) in [6.07, 6.45) is -0.287. The Morgan fingerprint density at radius 1 is 1.22 bits per heavy atom. The number of halogens is 1. The van der Waals surface area contributed by atoms with Crippen LogP contribution in [0.3, 0.4) is 0 Å². The molecule has 1 aliphatic heterocycles. The molecule has 2 aromatic carbocycles. The first-order valence-corrected chi connectivity index (χ1v) is 10.4. The molecule has 1 saturated heterocycles. The van der Waals surface area contributed by atoms with Gasteiger partial charge in [-0.3, -0.25) is 9.59 Å². The van der Waals surface area contributed by atoms with Crippen LogP contribution in [-0.2, 0) is 22.4 Å². The van der Waals surface area contributed by atoms with Gasteiger partial charge in [0.05, 0.1) is 12.5 Å². The van der Waals surface area contributed by atoms with Gasteiger partial charge in [0.2, 0.25) is 23.6 Å². The van der Waals surface area contributed by atoms with Gasteiger partial charge in [-0.2, -0.15) is 0 Å². The zero-order valence-electron chi connectivity index (χ0n) is 17.5. The van der Waals surface area contributed by atoms with E-state index in [4.69, 9.17) is 4.42 Å². The molecule has 1 fully saturated rings. The molecule has 1 aromatic heterocycles. The van der Waals surface area contributed by atoms with Gasteiger partial charge in [0, 0.05) is 30.6 Å². The maximum atomic E-state index is 13.9. The second-order valence-electron chi connectivity index (χ2n) is 7.64. The maximum Gasteiger partial charge on any atom is 0.247 e. The summed E-state index contributed by atoms with van der Waals surface area (Å²) in [6, 6.07) is 12.1. The number of aryl methyl sites for hydroxylation is 1. The summed E-state index contributed by atoms with van der Waals surface area (Å²) < 4.78 is 19.5. The summed E-state index contributed by atoms with van der Waals surface area (Å²) >= 11 is 0. The fourth-order valence-electron chi connectivity index (χ4n) is 3.71. The molecular formula is C23H23FN4O4. The molecule has 2 amide bonds. The van der Waals surface area contributed by atoms with Crippen LogP contribution in [0.5, 0.6) is 0 Å². The van der Waals surface area contributed by atoms with Crippen molar-refractivity contribution in [3.8, 4) is 11.5 Å². The van der Waals surface area contributed by atoms with Crippen molar-refractivity contribution < 1.29 is 23.5 Å². The predicted octanol–water partition coefficient (Wildman–Crippen LogP) is 2.58. The number of nitrogens with one attached hydrogen (secondary N) is 1. The molecule has 0 bridgehead atoms. The second kappa shape index (κ2) is 9.27. The lowest BCUT2D eigenvalue weighted by atomic mass is 10.1. The fraction of sp³-hybridized carbons (Fsp3) is 0.304. The van der Waals surface area contributed by atoms with Crippen molar-refractivity contribution in [1.82, 2.24) is 15.1 Å². The lowest BCUT2D eigenvalue weighted by molar-refractivity contribution is -0.136. The van der Waals surface area contributed by atoms with Crippen LogP contribution < -0.4 is 5.32 Å². The number of likely N-dealkylation sites (tertiary alicyclic amines) is 1. The van der Waals surface area contributed by atoms with E-state index < -0.39 is 29.8 Å². The van der Waals surface area contributed by atoms with Crippen LogP contribution in [0.2, 0.25) is 0 Å². The highest BCUT2D eigenvalue weighted by atomic mass is 19.1. The Labute approximate surface area is 184 Å². The Morgan fingerprint density at radius 2 is 2.03 bits per heavy atom. The molecule has 2 heterocycles. The number of aliphatic hydroxyl groups excluding tert-OH is 1. The standard InChI is InChI=1S/C23H23FN4O4/c1-2-20-26-27-23(32-20)15-7-5-8-16(10-15)25-22(31)19-12-17(29)13-28(19)21(30)11-14-6-3-4-9-18(14)24/h3-10,17,19,29H,2,11-13H2,1H3,(H,25,31). The molecule has 2 unspecified atom stereocenters. The van der Waals surface area contributed by atoms with Crippen LogP contribution in [0, 0.1) is 5.82 Å². The molecule has 4 rings (SSSR count). The first kappa shape index (κ1) is 21.6. The third-order valence-corrected chi connectivity index (χ3v) is 5.35. The van der Waals surface area contributed by atoms with Crippen molar-refractivity contribution >= 4 is 17.5 Å². The Morgan fingerprint density at radius 3 is 2.78 bits per heavy atom. The van der Waals surface area contributed by atoms with Gasteiger partial charge in [0.25, 0.3) is 0 Å². The van der Waals surface area contributed by atoms with E-state index >= 15 is 0 Å². The number of carbonyl (C=O) groups is 2. The minimum atomic E-state index is -0.858. The van der Waals surface area contributed by atoms with Gasteiger partial charge < -0.3 is 19.7 Å². The van der Waals surface area contributed by atoms with Gasteiger partial charge in [0.15, 0.2) is 0 Å². The molecule has 0 spiro atoms. The van der Waals surface area contributed by atoms with E-state index in [-0.39, 0.29) is 24.9 Å². The van der Waals surface area contributed by atoms with Crippen molar-refractivity contribution in [3.05, 3.63) is 65.8 Å². The van der Waals surface area contributed by atoms with Gasteiger partial charge >= 0.3 is 0 Å². The molecule has 1 aliphatic rings. The number of rotatable bonds is 6. The van der Waals surface area contributed by atoms with Crippen LogP contribution in [0.15, 0.2) is 52.9 Å². The number of nitrogens with zero attached hydrogens (tertiary/aromatic N) is 3. The highest BCUT2D eigenvalue weighted by Crippen LogP contribution is 2.24. The molecule has 8 nitrogen and oxygen atoms in total. The van der Waals surface area contributed by atoms with E-state index in [2.05, 4.69) is 15.5 Å². The van der Waals surface area contributed by atoms with Crippen LogP contribution in [0.1, 0.15) is 24.8 Å². The number of benzene rings is 2. The van der Waals surface area contributed by atoms with Gasteiger partial charge in [-0.05, 0) is 29.8 Å². The zero-order chi connectivity index (χ0) is 22.7. The Kier molecular flexibility index (Phi) is 6.27. The van der Waals surface area contributed by atoms with Crippen molar-refractivity contribution in [3.63, 3.8) is 0 Å². The summed E-state index contributed by atoms with van der Waals surface area (Å²) in [4.78, 5) is 27.0. The second-order valence-corrected chi connectivity index (χ2v) is 7.64. The monoisotopic (exact) mass is 438 g/mol. The third-order valence-electron chi connectivity index (χ3n) is 5.35. The SMILES string of the molecule is CCc1nnc(-c2cccc(NC(=O)C3CC(O)CN3C(=O)Cc3ccccc3F)c2)o1. The number of β-amino-alcohol motifs (C(OH)–C–C–N with tert-alkyl or cyclic N) is 1. The van der Waals surface area contributed by atoms with E-state index in [1.165, 1.54) is 17.0 Å². The number of amides is 2. The number of aliphatic hydroxyl groups is 1.